The average Bonchev–Trinajstić information content (AvgIpc) is 2.38. The summed E-state index contributed by atoms with van der Waals surface area (Å²) in [5.74, 6) is 0.872. The highest BCUT2D eigenvalue weighted by Crippen LogP contribution is 2.05. The van der Waals surface area contributed by atoms with E-state index in [0.29, 0.717) is 38.2 Å². The minimum atomic E-state index is 0.362. The van der Waals surface area contributed by atoms with Crippen LogP contribution in [-0.2, 0) is 15.4 Å². The van der Waals surface area contributed by atoms with Crippen LogP contribution in [0.25, 0.3) is 0 Å². The van der Waals surface area contributed by atoms with Gasteiger partial charge in [0.1, 0.15) is 0 Å². The molecule has 0 unspecified atom stereocenters. The van der Waals surface area contributed by atoms with E-state index in [-0.39, 0.29) is 0 Å². The monoisotopic (exact) mass is 260 g/mol. The third-order valence-electron chi connectivity index (χ3n) is 1.93. The molecule has 1 rings (SSSR count). The fraction of sp³-hybridized carbons (Fsp3) is 0.636. The lowest BCUT2D eigenvalue weighted by Gasteiger charge is -2.05. The van der Waals surface area contributed by atoms with Gasteiger partial charge in [0.25, 0.3) is 0 Å². The summed E-state index contributed by atoms with van der Waals surface area (Å²) < 4.78 is 15.5. The van der Waals surface area contributed by atoms with Crippen molar-refractivity contribution in [2.24, 2.45) is 0 Å². The third kappa shape index (κ3) is 6.41. The first-order chi connectivity index (χ1) is 8.36. The molecule has 1 aromatic heterocycles. The first kappa shape index (κ1) is 14.2. The molecule has 5 nitrogen and oxygen atoms in total. The van der Waals surface area contributed by atoms with Gasteiger partial charge in [0, 0.05) is 20.1 Å². The van der Waals surface area contributed by atoms with Gasteiger partial charge in [-0.25, -0.2) is 4.98 Å². The highest BCUT2D eigenvalue weighted by Gasteiger charge is 1.97. The lowest BCUT2D eigenvalue weighted by atomic mass is 10.5. The van der Waals surface area contributed by atoms with Gasteiger partial charge in [0.05, 0.1) is 43.8 Å². The predicted molar refractivity (Wildman–Crippen MR) is 64.4 cm³/mol. The van der Waals surface area contributed by atoms with Crippen LogP contribution in [0.3, 0.4) is 0 Å². The van der Waals surface area contributed by atoms with Crippen LogP contribution < -0.4 is 4.74 Å². The fourth-order valence-electron chi connectivity index (χ4n) is 1.07. The van der Waals surface area contributed by atoms with Gasteiger partial charge in [0.2, 0.25) is 5.88 Å². The first-order valence-electron chi connectivity index (χ1n) is 5.43. The minimum Gasteiger partial charge on any atom is -0.476 e. The van der Waals surface area contributed by atoms with Gasteiger partial charge in [-0.15, -0.1) is 11.6 Å². The quantitative estimate of drug-likeness (QED) is 0.499. The summed E-state index contributed by atoms with van der Waals surface area (Å²) in [5.41, 5.74) is 0.738. The molecular weight excluding hydrogens is 244 g/mol. The summed E-state index contributed by atoms with van der Waals surface area (Å²) in [6, 6.07) is 0. The summed E-state index contributed by atoms with van der Waals surface area (Å²) >= 11 is 5.60. The van der Waals surface area contributed by atoms with Crippen molar-refractivity contribution in [3.05, 3.63) is 18.1 Å². The van der Waals surface area contributed by atoms with Crippen molar-refractivity contribution in [2.45, 2.75) is 12.3 Å². The minimum absolute atomic E-state index is 0.362. The third-order valence-corrected chi connectivity index (χ3v) is 2.21. The van der Waals surface area contributed by atoms with Crippen LogP contribution in [0.15, 0.2) is 12.4 Å². The molecule has 0 aromatic carbocycles. The molecule has 0 radical (unpaired) electrons. The van der Waals surface area contributed by atoms with E-state index < -0.39 is 0 Å². The molecule has 0 bridgehead atoms. The van der Waals surface area contributed by atoms with Crippen LogP contribution in [0.4, 0.5) is 0 Å². The molecule has 6 heteroatoms. The molecule has 1 aromatic rings. The van der Waals surface area contributed by atoms with Crippen LogP contribution in [0, 0.1) is 0 Å². The van der Waals surface area contributed by atoms with E-state index in [4.69, 9.17) is 25.8 Å². The number of hydrogen-bond donors (Lipinski definition) is 0. The highest BCUT2D eigenvalue weighted by atomic mass is 35.5. The van der Waals surface area contributed by atoms with Crippen LogP contribution >= 0.6 is 11.6 Å². The summed E-state index contributed by atoms with van der Waals surface area (Å²) in [6.07, 6.45) is 3.99. The van der Waals surface area contributed by atoms with Gasteiger partial charge in [-0.1, -0.05) is 0 Å². The number of hydrogen-bond acceptors (Lipinski definition) is 5. The zero-order valence-corrected chi connectivity index (χ0v) is 10.7. The second kappa shape index (κ2) is 9.15. The molecule has 0 saturated carbocycles. The highest BCUT2D eigenvalue weighted by molar-refractivity contribution is 6.16. The Kier molecular flexibility index (Phi) is 7.62. The zero-order chi connectivity index (χ0) is 12.3. The summed E-state index contributed by atoms with van der Waals surface area (Å²) in [7, 11) is 1.65. The Balaban J connectivity index is 2.05. The topological polar surface area (TPSA) is 53.5 Å². The van der Waals surface area contributed by atoms with E-state index in [1.165, 1.54) is 0 Å². The second-order valence-electron chi connectivity index (χ2n) is 3.29. The van der Waals surface area contributed by atoms with E-state index in [0.717, 1.165) is 12.1 Å². The standard InChI is InChI=1S/C11H17ClN2O3/c1-15-5-6-16-3-2-4-17-11-9-13-10(7-12)8-14-11/h8-9H,2-7H2,1H3. The number of halogens is 1. The molecule has 0 N–H and O–H groups in total. The van der Waals surface area contributed by atoms with Crippen LogP contribution in [0.2, 0.25) is 0 Å². The zero-order valence-electron chi connectivity index (χ0n) is 9.89. The molecule has 0 spiro atoms. The van der Waals surface area contributed by atoms with Gasteiger partial charge >= 0.3 is 0 Å². The molecule has 1 heterocycles. The first-order valence-corrected chi connectivity index (χ1v) is 5.96. The van der Waals surface area contributed by atoms with Crippen molar-refractivity contribution in [2.75, 3.05) is 33.5 Å². The van der Waals surface area contributed by atoms with Crippen molar-refractivity contribution >= 4 is 11.6 Å². The summed E-state index contributed by atoms with van der Waals surface area (Å²) in [5, 5.41) is 0. The van der Waals surface area contributed by atoms with Gasteiger partial charge in [-0.2, -0.15) is 0 Å². The van der Waals surface area contributed by atoms with E-state index in [9.17, 15) is 0 Å². The average molecular weight is 261 g/mol. The van der Waals surface area contributed by atoms with Crippen LogP contribution in [0.5, 0.6) is 5.88 Å². The lowest BCUT2D eigenvalue weighted by molar-refractivity contribution is 0.0642. The number of ether oxygens (including phenoxy) is 3. The largest absolute Gasteiger partial charge is 0.476 e. The predicted octanol–water partition coefficient (Wildman–Crippen LogP) is 1.65. The summed E-state index contributed by atoms with van der Waals surface area (Å²) in [6.45, 7) is 2.44. The maximum atomic E-state index is 5.60. The van der Waals surface area contributed by atoms with Crippen molar-refractivity contribution in [1.29, 1.82) is 0 Å². The lowest BCUT2D eigenvalue weighted by Crippen LogP contribution is -2.07. The van der Waals surface area contributed by atoms with E-state index in [2.05, 4.69) is 9.97 Å². The number of nitrogens with zero attached hydrogens (tertiary/aromatic N) is 2. The van der Waals surface area contributed by atoms with Gasteiger partial charge < -0.3 is 14.2 Å². The van der Waals surface area contributed by atoms with Gasteiger partial charge in [-0.3, -0.25) is 4.98 Å². The van der Waals surface area contributed by atoms with Crippen LogP contribution in [0.1, 0.15) is 12.1 Å². The Labute approximate surface area is 106 Å². The molecule has 96 valence electrons. The van der Waals surface area contributed by atoms with E-state index in [1.807, 2.05) is 0 Å². The molecule has 17 heavy (non-hydrogen) atoms. The Hall–Kier alpha value is -0.910. The van der Waals surface area contributed by atoms with E-state index >= 15 is 0 Å². The Morgan fingerprint density at radius 1 is 1.12 bits per heavy atom. The summed E-state index contributed by atoms with van der Waals surface area (Å²) in [4.78, 5) is 8.14. The normalized spacial score (nSPS) is 10.5. The molecular formula is C11H17ClN2O3. The maximum Gasteiger partial charge on any atom is 0.232 e. The Bertz CT molecular complexity index is 295. The van der Waals surface area contributed by atoms with Crippen LogP contribution in [-0.4, -0.2) is 43.5 Å². The number of alkyl halides is 1. The molecule has 0 amide bonds. The van der Waals surface area contributed by atoms with Gasteiger partial charge in [0.15, 0.2) is 0 Å². The molecule has 0 atom stereocenters. The maximum absolute atomic E-state index is 5.60. The number of aromatic nitrogens is 2. The fourth-order valence-corrected chi connectivity index (χ4v) is 1.21. The molecule has 0 fully saturated rings. The van der Waals surface area contributed by atoms with Crippen molar-refractivity contribution in [3.8, 4) is 5.88 Å². The van der Waals surface area contributed by atoms with Gasteiger partial charge in [-0.05, 0) is 0 Å². The van der Waals surface area contributed by atoms with Crippen molar-refractivity contribution in [3.63, 3.8) is 0 Å². The van der Waals surface area contributed by atoms with E-state index in [1.54, 1.807) is 19.5 Å². The molecule has 0 saturated heterocycles. The van der Waals surface area contributed by atoms with Crippen molar-refractivity contribution < 1.29 is 14.2 Å². The number of rotatable bonds is 9. The molecule has 0 aliphatic rings. The molecule has 0 aliphatic carbocycles. The second-order valence-corrected chi connectivity index (χ2v) is 3.55. The SMILES string of the molecule is COCCOCCCOc1cnc(CCl)cn1. The smallest absolute Gasteiger partial charge is 0.232 e. The molecule has 0 aliphatic heterocycles. The Morgan fingerprint density at radius 3 is 2.65 bits per heavy atom. The Morgan fingerprint density at radius 2 is 2.00 bits per heavy atom. The van der Waals surface area contributed by atoms with Crippen molar-refractivity contribution in [1.82, 2.24) is 9.97 Å². The number of methoxy groups -OCH3 is 1.